The maximum absolute atomic E-state index is 13.0. The van der Waals surface area contributed by atoms with Gasteiger partial charge in [-0.05, 0) is 56.2 Å². The van der Waals surface area contributed by atoms with E-state index in [2.05, 4.69) is 17.6 Å². The van der Waals surface area contributed by atoms with Crippen molar-refractivity contribution in [1.29, 1.82) is 0 Å². The molecule has 1 saturated carbocycles. The molecule has 0 unspecified atom stereocenters. The molecule has 9 nitrogen and oxygen atoms in total. The van der Waals surface area contributed by atoms with E-state index >= 15 is 0 Å². The van der Waals surface area contributed by atoms with Crippen LogP contribution in [0.15, 0.2) is 23.1 Å². The highest BCUT2D eigenvalue weighted by atomic mass is 32.2. The number of nitrogens with one attached hydrogen (secondary N) is 2. The zero-order valence-corrected chi connectivity index (χ0v) is 20.6. The zero-order chi connectivity index (χ0) is 24.4. The van der Waals surface area contributed by atoms with Gasteiger partial charge in [0, 0.05) is 18.8 Å². The fraction of sp³-hybridized carbons (Fsp3) is 0.609. The number of aryl methyl sites for hydroxylation is 1. The van der Waals surface area contributed by atoms with Crippen LogP contribution in [0.3, 0.4) is 0 Å². The summed E-state index contributed by atoms with van der Waals surface area (Å²) < 4.78 is 27.0. The summed E-state index contributed by atoms with van der Waals surface area (Å²) in [6.07, 6.45) is 3.95. The topological polar surface area (TPSA) is 116 Å². The number of imide groups is 1. The molecule has 182 valence electrons. The van der Waals surface area contributed by atoms with Crippen LogP contribution < -0.4 is 10.6 Å². The van der Waals surface area contributed by atoms with Gasteiger partial charge >= 0.3 is 6.03 Å². The lowest BCUT2D eigenvalue weighted by molar-refractivity contribution is -0.135. The maximum atomic E-state index is 13.0. The van der Waals surface area contributed by atoms with Gasteiger partial charge in [-0.25, -0.2) is 13.2 Å². The number of sulfonamides is 1. The van der Waals surface area contributed by atoms with E-state index in [9.17, 15) is 22.8 Å². The van der Waals surface area contributed by atoms with Crippen molar-refractivity contribution in [3.8, 4) is 0 Å². The predicted octanol–water partition coefficient (Wildman–Crippen LogP) is 2.85. The van der Waals surface area contributed by atoms with Crippen LogP contribution in [0.1, 0.15) is 58.4 Å². The van der Waals surface area contributed by atoms with Crippen molar-refractivity contribution in [3.63, 3.8) is 0 Å². The quantitative estimate of drug-likeness (QED) is 0.558. The van der Waals surface area contributed by atoms with Crippen LogP contribution in [0.5, 0.6) is 0 Å². The minimum absolute atomic E-state index is 0.0775. The molecule has 1 spiro atoms. The molecule has 1 aliphatic carbocycles. The number of hydrogen-bond acceptors (Lipinski definition) is 5. The predicted molar refractivity (Wildman–Crippen MR) is 125 cm³/mol. The molecule has 1 heterocycles. The highest BCUT2D eigenvalue weighted by Gasteiger charge is 2.52. The average Bonchev–Trinajstić information content (AvgIpc) is 3.00. The summed E-state index contributed by atoms with van der Waals surface area (Å²) in [7, 11) is -3.69. The van der Waals surface area contributed by atoms with Crippen LogP contribution in [-0.2, 0) is 19.6 Å². The molecule has 2 N–H and O–H groups in total. The maximum Gasteiger partial charge on any atom is 0.325 e. The molecule has 0 aromatic heterocycles. The number of anilines is 1. The molecule has 0 bridgehead atoms. The van der Waals surface area contributed by atoms with Gasteiger partial charge in [-0.2, -0.15) is 4.31 Å². The van der Waals surface area contributed by atoms with Gasteiger partial charge in [-0.1, -0.05) is 33.3 Å². The third-order valence-electron chi connectivity index (χ3n) is 6.91. The lowest BCUT2D eigenvalue weighted by Gasteiger charge is -2.34. The van der Waals surface area contributed by atoms with Crippen molar-refractivity contribution in [2.45, 2.75) is 70.2 Å². The Kier molecular flexibility index (Phi) is 7.48. The normalized spacial score (nSPS) is 23.3. The molecular formula is C23H34N4O5S. The molecule has 3 rings (SSSR count). The van der Waals surface area contributed by atoms with Gasteiger partial charge in [0.1, 0.15) is 12.1 Å². The van der Waals surface area contributed by atoms with Gasteiger partial charge in [0.15, 0.2) is 0 Å². The van der Waals surface area contributed by atoms with Crippen LogP contribution in [-0.4, -0.2) is 60.6 Å². The van der Waals surface area contributed by atoms with Gasteiger partial charge in [0.05, 0.1) is 4.90 Å². The first-order valence-electron chi connectivity index (χ1n) is 11.6. The second-order valence-electron chi connectivity index (χ2n) is 8.87. The highest BCUT2D eigenvalue weighted by molar-refractivity contribution is 7.89. The molecule has 2 fully saturated rings. The van der Waals surface area contributed by atoms with E-state index in [1.54, 1.807) is 26.8 Å². The summed E-state index contributed by atoms with van der Waals surface area (Å²) in [5.74, 6) is -0.356. The van der Waals surface area contributed by atoms with E-state index in [-0.39, 0.29) is 10.8 Å². The van der Waals surface area contributed by atoms with Crippen molar-refractivity contribution in [3.05, 3.63) is 23.8 Å². The molecule has 1 aliphatic heterocycles. The Hall–Kier alpha value is -2.46. The highest BCUT2D eigenvalue weighted by Crippen LogP contribution is 2.37. The van der Waals surface area contributed by atoms with Gasteiger partial charge in [0.2, 0.25) is 15.9 Å². The summed E-state index contributed by atoms with van der Waals surface area (Å²) in [6, 6.07) is 3.99. The largest absolute Gasteiger partial charge is 0.325 e. The van der Waals surface area contributed by atoms with E-state index in [1.807, 2.05) is 0 Å². The molecule has 4 amide bonds. The molecule has 10 heteroatoms. The Morgan fingerprint density at radius 1 is 1.18 bits per heavy atom. The number of amides is 4. The first-order valence-corrected chi connectivity index (χ1v) is 13.1. The molecule has 1 aromatic rings. The molecule has 0 radical (unpaired) electrons. The van der Waals surface area contributed by atoms with Crippen molar-refractivity contribution < 1.29 is 22.8 Å². The van der Waals surface area contributed by atoms with Crippen LogP contribution in [0.4, 0.5) is 10.5 Å². The standard InChI is InChI=1S/C23H34N4O5S/c1-5-17-10-12-23(13-11-17)21(29)27(22(30)25-23)15-20(28)24-19-14-18(9-8-16(19)4)33(31,32)26(6-2)7-3/h8-9,14,17H,5-7,10-13,15H2,1-4H3,(H,24,28)(H,25,30). The van der Waals surface area contributed by atoms with E-state index in [0.29, 0.717) is 43.1 Å². The van der Waals surface area contributed by atoms with Crippen LogP contribution in [0.2, 0.25) is 0 Å². The Balaban J connectivity index is 1.72. The first kappa shape index (κ1) is 25.2. The number of nitrogens with zero attached hydrogens (tertiary/aromatic N) is 2. The second-order valence-corrected chi connectivity index (χ2v) is 10.8. The first-order chi connectivity index (χ1) is 15.6. The monoisotopic (exact) mass is 478 g/mol. The number of carbonyl (C=O) groups excluding carboxylic acids is 3. The van der Waals surface area contributed by atoms with Crippen LogP contribution >= 0.6 is 0 Å². The number of urea groups is 1. The van der Waals surface area contributed by atoms with Crippen molar-refractivity contribution in [1.82, 2.24) is 14.5 Å². The van der Waals surface area contributed by atoms with Crippen molar-refractivity contribution in [2.24, 2.45) is 5.92 Å². The Labute approximate surface area is 195 Å². The SMILES string of the molecule is CCC1CCC2(CC1)NC(=O)N(CC(=O)Nc1cc(S(=O)(=O)N(CC)CC)ccc1C)C2=O. The van der Waals surface area contributed by atoms with Crippen LogP contribution in [0, 0.1) is 12.8 Å². The fourth-order valence-corrected chi connectivity index (χ4v) is 6.16. The van der Waals surface area contributed by atoms with E-state index < -0.39 is 34.0 Å². The summed E-state index contributed by atoms with van der Waals surface area (Å²) >= 11 is 0. The lowest BCUT2D eigenvalue weighted by atomic mass is 9.75. The van der Waals surface area contributed by atoms with Gasteiger partial charge in [0.25, 0.3) is 5.91 Å². The lowest BCUT2D eigenvalue weighted by Crippen LogP contribution is -2.49. The Morgan fingerprint density at radius 3 is 2.39 bits per heavy atom. The minimum atomic E-state index is -3.69. The third-order valence-corrected chi connectivity index (χ3v) is 8.96. The summed E-state index contributed by atoms with van der Waals surface area (Å²) in [5.41, 5.74) is 0.100. The minimum Gasteiger partial charge on any atom is -0.324 e. The molecule has 1 aromatic carbocycles. The molecule has 0 atom stereocenters. The molecular weight excluding hydrogens is 444 g/mol. The molecule has 33 heavy (non-hydrogen) atoms. The Bertz CT molecular complexity index is 1030. The van der Waals surface area contributed by atoms with E-state index in [0.717, 1.165) is 24.2 Å². The summed E-state index contributed by atoms with van der Waals surface area (Å²) in [4.78, 5) is 39.4. The number of benzene rings is 1. The van der Waals surface area contributed by atoms with Gasteiger partial charge in [-0.3, -0.25) is 14.5 Å². The second kappa shape index (κ2) is 9.80. The summed E-state index contributed by atoms with van der Waals surface area (Å²) in [5, 5.41) is 5.50. The van der Waals surface area contributed by atoms with E-state index in [1.165, 1.54) is 16.4 Å². The van der Waals surface area contributed by atoms with Crippen LogP contribution in [0.25, 0.3) is 0 Å². The summed E-state index contributed by atoms with van der Waals surface area (Å²) in [6.45, 7) is 7.64. The molecule has 2 aliphatic rings. The van der Waals surface area contributed by atoms with Gasteiger partial charge in [-0.15, -0.1) is 0 Å². The van der Waals surface area contributed by atoms with Gasteiger partial charge < -0.3 is 10.6 Å². The van der Waals surface area contributed by atoms with Crippen molar-refractivity contribution >= 4 is 33.6 Å². The molecule has 1 saturated heterocycles. The number of rotatable bonds is 8. The zero-order valence-electron chi connectivity index (χ0n) is 19.8. The average molecular weight is 479 g/mol. The Morgan fingerprint density at radius 2 is 1.82 bits per heavy atom. The third kappa shape index (κ3) is 4.91. The van der Waals surface area contributed by atoms with Crippen molar-refractivity contribution in [2.75, 3.05) is 25.0 Å². The number of carbonyl (C=O) groups is 3. The fourth-order valence-electron chi connectivity index (χ4n) is 4.68. The van der Waals surface area contributed by atoms with E-state index in [4.69, 9.17) is 0 Å². The smallest absolute Gasteiger partial charge is 0.324 e. The number of hydrogen-bond donors (Lipinski definition) is 2.